The predicted octanol–water partition coefficient (Wildman–Crippen LogP) is 1.93. The molecule has 2 heterocycles. The van der Waals surface area contributed by atoms with Gasteiger partial charge >= 0.3 is 0 Å². The third kappa shape index (κ3) is 2.45. The average molecular weight is 273 g/mol. The Bertz CT molecular complexity index is 636. The summed E-state index contributed by atoms with van der Waals surface area (Å²) in [7, 11) is 0. The highest BCUT2D eigenvalue weighted by molar-refractivity contribution is 6.04. The van der Waals surface area contributed by atoms with Gasteiger partial charge in [0.25, 0.3) is 5.91 Å². The number of hydrogen-bond donors (Lipinski definition) is 1. The van der Waals surface area contributed by atoms with Crippen molar-refractivity contribution in [1.82, 2.24) is 9.78 Å². The molecule has 2 aromatic rings. The Kier molecular flexibility index (Phi) is 3.28. The van der Waals surface area contributed by atoms with E-state index in [4.69, 9.17) is 9.47 Å². The molecule has 0 aliphatic carbocycles. The first-order valence-corrected chi connectivity index (χ1v) is 6.49. The summed E-state index contributed by atoms with van der Waals surface area (Å²) in [6.45, 7) is 3.77. The molecular weight excluding hydrogens is 258 g/mol. The number of fused-ring (bicyclic) bond motifs is 1. The van der Waals surface area contributed by atoms with Gasteiger partial charge in [0.2, 0.25) is 0 Å². The van der Waals surface area contributed by atoms with Crippen molar-refractivity contribution >= 4 is 11.6 Å². The van der Waals surface area contributed by atoms with E-state index in [0.717, 1.165) is 6.54 Å². The minimum atomic E-state index is -0.193. The lowest BCUT2D eigenvalue weighted by Gasteiger charge is -2.18. The van der Waals surface area contributed by atoms with Crippen LogP contribution in [0.15, 0.2) is 30.6 Å². The van der Waals surface area contributed by atoms with Crippen molar-refractivity contribution in [2.45, 2.75) is 13.5 Å². The Hall–Kier alpha value is -2.50. The monoisotopic (exact) mass is 273 g/mol. The minimum Gasteiger partial charge on any atom is -0.486 e. The molecule has 0 unspecified atom stereocenters. The zero-order valence-electron chi connectivity index (χ0n) is 11.1. The van der Waals surface area contributed by atoms with Crippen LogP contribution in [0.2, 0.25) is 0 Å². The first-order valence-electron chi connectivity index (χ1n) is 6.49. The van der Waals surface area contributed by atoms with Gasteiger partial charge in [0.15, 0.2) is 11.5 Å². The van der Waals surface area contributed by atoms with Crippen LogP contribution in [0.3, 0.4) is 0 Å². The fourth-order valence-corrected chi connectivity index (χ4v) is 1.98. The molecule has 0 spiro atoms. The molecule has 1 aliphatic heterocycles. The van der Waals surface area contributed by atoms with E-state index < -0.39 is 0 Å². The summed E-state index contributed by atoms with van der Waals surface area (Å²) in [4.78, 5) is 12.1. The van der Waals surface area contributed by atoms with Crippen LogP contribution in [0.1, 0.15) is 17.3 Å². The second-order valence-electron chi connectivity index (χ2n) is 4.40. The summed E-state index contributed by atoms with van der Waals surface area (Å²) in [5.41, 5.74) is 1.20. The van der Waals surface area contributed by atoms with Crippen molar-refractivity contribution in [3.05, 3.63) is 36.2 Å². The van der Waals surface area contributed by atoms with E-state index in [9.17, 15) is 4.79 Å². The number of rotatable bonds is 3. The molecule has 1 aromatic heterocycles. The first-order chi connectivity index (χ1) is 9.76. The third-order valence-electron chi connectivity index (χ3n) is 3.02. The lowest BCUT2D eigenvalue weighted by Crippen LogP contribution is -2.16. The highest BCUT2D eigenvalue weighted by atomic mass is 16.6. The van der Waals surface area contributed by atoms with Crippen molar-refractivity contribution < 1.29 is 14.3 Å². The Morgan fingerprint density at radius 1 is 1.35 bits per heavy atom. The molecule has 1 N–H and O–H groups in total. The first kappa shape index (κ1) is 12.5. The second kappa shape index (κ2) is 5.24. The Morgan fingerprint density at radius 2 is 2.15 bits per heavy atom. The van der Waals surface area contributed by atoms with Crippen molar-refractivity contribution in [1.29, 1.82) is 0 Å². The van der Waals surface area contributed by atoms with Gasteiger partial charge in [-0.15, -0.1) is 0 Å². The number of carbonyl (C=O) groups excluding carboxylic acids is 1. The third-order valence-corrected chi connectivity index (χ3v) is 3.02. The molecule has 0 atom stereocenters. The van der Waals surface area contributed by atoms with Crippen molar-refractivity contribution in [2.75, 3.05) is 18.5 Å². The Balaban J connectivity index is 1.75. The molecular formula is C14H15N3O3. The number of nitrogens with zero attached hydrogens (tertiary/aromatic N) is 2. The van der Waals surface area contributed by atoms with Crippen LogP contribution in [0.4, 0.5) is 5.69 Å². The zero-order chi connectivity index (χ0) is 13.9. The summed E-state index contributed by atoms with van der Waals surface area (Å²) in [5.74, 6) is 1.16. The standard InChI is InChI=1S/C14H15N3O3/c1-2-17-9-10(8-15-17)14(18)16-11-3-4-12-13(7-11)20-6-5-19-12/h3-4,7-9H,2,5-6H2,1H3,(H,16,18). The summed E-state index contributed by atoms with van der Waals surface area (Å²) in [6, 6.07) is 5.34. The molecule has 0 saturated heterocycles. The van der Waals surface area contributed by atoms with Crippen molar-refractivity contribution in [2.24, 2.45) is 0 Å². The number of anilines is 1. The molecule has 1 amide bonds. The number of amides is 1. The average Bonchev–Trinajstić information content (AvgIpc) is 2.96. The van der Waals surface area contributed by atoms with E-state index >= 15 is 0 Å². The Labute approximate surface area is 116 Å². The van der Waals surface area contributed by atoms with Gasteiger partial charge in [0.05, 0.1) is 11.8 Å². The van der Waals surface area contributed by atoms with Gasteiger partial charge in [-0.1, -0.05) is 0 Å². The van der Waals surface area contributed by atoms with E-state index in [2.05, 4.69) is 10.4 Å². The molecule has 0 saturated carbocycles. The molecule has 0 bridgehead atoms. The van der Waals surface area contributed by atoms with E-state index in [1.54, 1.807) is 35.3 Å². The van der Waals surface area contributed by atoms with Gasteiger partial charge in [0, 0.05) is 24.5 Å². The predicted molar refractivity (Wildman–Crippen MR) is 73.3 cm³/mol. The van der Waals surface area contributed by atoms with Crippen LogP contribution < -0.4 is 14.8 Å². The topological polar surface area (TPSA) is 65.4 Å². The molecule has 1 aromatic carbocycles. The quantitative estimate of drug-likeness (QED) is 0.928. The molecule has 0 fully saturated rings. The van der Waals surface area contributed by atoms with E-state index in [-0.39, 0.29) is 5.91 Å². The van der Waals surface area contributed by atoms with E-state index in [0.29, 0.717) is 36.0 Å². The fourth-order valence-electron chi connectivity index (χ4n) is 1.98. The second-order valence-corrected chi connectivity index (χ2v) is 4.40. The molecule has 6 heteroatoms. The van der Waals surface area contributed by atoms with Gasteiger partial charge in [-0.3, -0.25) is 9.48 Å². The number of hydrogen-bond acceptors (Lipinski definition) is 4. The normalized spacial score (nSPS) is 13.1. The van der Waals surface area contributed by atoms with Gasteiger partial charge in [-0.05, 0) is 19.1 Å². The van der Waals surface area contributed by atoms with E-state index in [1.165, 1.54) is 0 Å². The summed E-state index contributed by atoms with van der Waals surface area (Å²) in [6.07, 6.45) is 3.27. The lowest BCUT2D eigenvalue weighted by molar-refractivity contribution is 0.102. The smallest absolute Gasteiger partial charge is 0.258 e. The number of aromatic nitrogens is 2. The van der Waals surface area contributed by atoms with Crippen LogP contribution in [0.25, 0.3) is 0 Å². The number of carbonyl (C=O) groups is 1. The van der Waals surface area contributed by atoms with Crippen LogP contribution in [-0.2, 0) is 6.54 Å². The maximum absolute atomic E-state index is 12.1. The lowest BCUT2D eigenvalue weighted by atomic mass is 10.2. The minimum absolute atomic E-state index is 0.193. The van der Waals surface area contributed by atoms with Crippen LogP contribution in [-0.4, -0.2) is 28.9 Å². The number of aryl methyl sites for hydroxylation is 1. The van der Waals surface area contributed by atoms with Gasteiger partial charge in [-0.2, -0.15) is 5.10 Å². The molecule has 6 nitrogen and oxygen atoms in total. The van der Waals surface area contributed by atoms with Gasteiger partial charge in [-0.25, -0.2) is 0 Å². The summed E-state index contributed by atoms with van der Waals surface area (Å²) in [5, 5.41) is 6.90. The van der Waals surface area contributed by atoms with Crippen molar-refractivity contribution in [3.63, 3.8) is 0 Å². The highest BCUT2D eigenvalue weighted by Gasteiger charge is 2.14. The largest absolute Gasteiger partial charge is 0.486 e. The van der Waals surface area contributed by atoms with E-state index in [1.807, 2.05) is 6.92 Å². The number of benzene rings is 1. The zero-order valence-corrected chi connectivity index (χ0v) is 11.1. The highest BCUT2D eigenvalue weighted by Crippen LogP contribution is 2.32. The van der Waals surface area contributed by atoms with Gasteiger partial charge < -0.3 is 14.8 Å². The molecule has 104 valence electrons. The maximum Gasteiger partial charge on any atom is 0.258 e. The van der Waals surface area contributed by atoms with Crippen LogP contribution in [0, 0.1) is 0 Å². The molecule has 1 aliphatic rings. The number of ether oxygens (including phenoxy) is 2. The fraction of sp³-hybridized carbons (Fsp3) is 0.286. The van der Waals surface area contributed by atoms with Gasteiger partial charge in [0.1, 0.15) is 13.2 Å². The summed E-state index contributed by atoms with van der Waals surface area (Å²) >= 11 is 0. The summed E-state index contributed by atoms with van der Waals surface area (Å²) < 4.78 is 12.6. The van der Waals surface area contributed by atoms with Crippen LogP contribution in [0.5, 0.6) is 11.5 Å². The maximum atomic E-state index is 12.1. The molecule has 0 radical (unpaired) electrons. The number of nitrogens with one attached hydrogen (secondary N) is 1. The van der Waals surface area contributed by atoms with Crippen LogP contribution >= 0.6 is 0 Å². The Morgan fingerprint density at radius 3 is 2.90 bits per heavy atom. The molecule has 3 rings (SSSR count). The SMILES string of the molecule is CCn1cc(C(=O)Nc2ccc3c(c2)OCCO3)cn1. The van der Waals surface area contributed by atoms with Crippen molar-refractivity contribution in [3.8, 4) is 11.5 Å². The molecule has 20 heavy (non-hydrogen) atoms.